The van der Waals surface area contributed by atoms with E-state index in [1.165, 1.54) is 5.56 Å². The van der Waals surface area contributed by atoms with Crippen molar-refractivity contribution in [1.82, 2.24) is 5.32 Å². The predicted molar refractivity (Wildman–Crippen MR) is 70.9 cm³/mol. The standard InChI is InChI=1S/C15H21NO2/c17-15(7-3-9-16-10-8-15)13-6-1-4-12-5-2-11-18-14(12)13/h1,4,6,16-17H,2-3,5,7-11H2. The summed E-state index contributed by atoms with van der Waals surface area (Å²) < 4.78 is 5.83. The van der Waals surface area contributed by atoms with Crippen molar-refractivity contribution in [3.8, 4) is 5.75 Å². The number of hydrogen-bond donors (Lipinski definition) is 2. The first-order valence-corrected chi connectivity index (χ1v) is 6.98. The molecule has 0 amide bonds. The van der Waals surface area contributed by atoms with Crippen molar-refractivity contribution in [3.63, 3.8) is 0 Å². The Labute approximate surface area is 108 Å². The van der Waals surface area contributed by atoms with Gasteiger partial charge in [0.05, 0.1) is 12.2 Å². The van der Waals surface area contributed by atoms with Crippen molar-refractivity contribution in [1.29, 1.82) is 0 Å². The molecule has 1 fully saturated rings. The molecule has 3 heteroatoms. The molecule has 2 aliphatic rings. The van der Waals surface area contributed by atoms with E-state index >= 15 is 0 Å². The van der Waals surface area contributed by atoms with Gasteiger partial charge in [-0.25, -0.2) is 0 Å². The van der Waals surface area contributed by atoms with Gasteiger partial charge in [-0.1, -0.05) is 18.2 Å². The fourth-order valence-corrected chi connectivity index (χ4v) is 3.08. The average Bonchev–Trinajstić information content (AvgIpc) is 2.64. The zero-order valence-electron chi connectivity index (χ0n) is 10.7. The van der Waals surface area contributed by atoms with Gasteiger partial charge in [0.2, 0.25) is 0 Å². The van der Waals surface area contributed by atoms with Crippen LogP contribution in [0.2, 0.25) is 0 Å². The summed E-state index contributed by atoms with van der Waals surface area (Å²) in [5.74, 6) is 0.952. The minimum absolute atomic E-state index is 0.716. The molecule has 1 atom stereocenters. The Kier molecular flexibility index (Phi) is 3.27. The van der Waals surface area contributed by atoms with E-state index in [1.807, 2.05) is 6.07 Å². The highest BCUT2D eigenvalue weighted by Gasteiger charge is 2.34. The molecule has 1 aromatic rings. The molecular formula is C15H21NO2. The van der Waals surface area contributed by atoms with Crippen molar-refractivity contribution in [2.45, 2.75) is 37.7 Å². The summed E-state index contributed by atoms with van der Waals surface area (Å²) in [7, 11) is 0. The average molecular weight is 247 g/mol. The van der Waals surface area contributed by atoms with Gasteiger partial charge < -0.3 is 15.2 Å². The zero-order chi connectivity index (χ0) is 12.4. The van der Waals surface area contributed by atoms with Gasteiger partial charge in [0.25, 0.3) is 0 Å². The number of nitrogens with one attached hydrogen (secondary N) is 1. The molecule has 0 radical (unpaired) electrons. The normalized spacial score (nSPS) is 28.1. The van der Waals surface area contributed by atoms with E-state index in [9.17, 15) is 5.11 Å². The quantitative estimate of drug-likeness (QED) is 0.797. The van der Waals surface area contributed by atoms with Crippen molar-refractivity contribution in [2.24, 2.45) is 0 Å². The predicted octanol–water partition coefficient (Wildman–Crippen LogP) is 1.97. The van der Waals surface area contributed by atoms with E-state index in [-0.39, 0.29) is 0 Å². The van der Waals surface area contributed by atoms with Crippen LogP contribution in [0.4, 0.5) is 0 Å². The molecule has 0 aromatic heterocycles. The highest BCUT2D eigenvalue weighted by molar-refractivity contribution is 5.46. The number of benzene rings is 1. The molecule has 0 spiro atoms. The fraction of sp³-hybridized carbons (Fsp3) is 0.600. The monoisotopic (exact) mass is 247 g/mol. The van der Waals surface area contributed by atoms with Crippen LogP contribution in [0.1, 0.15) is 36.8 Å². The van der Waals surface area contributed by atoms with Crippen LogP contribution < -0.4 is 10.1 Å². The summed E-state index contributed by atoms with van der Waals surface area (Å²) in [4.78, 5) is 0. The van der Waals surface area contributed by atoms with Crippen LogP contribution in [0.15, 0.2) is 18.2 Å². The number of hydrogen-bond acceptors (Lipinski definition) is 3. The van der Waals surface area contributed by atoms with Crippen LogP contribution in [-0.2, 0) is 12.0 Å². The lowest BCUT2D eigenvalue weighted by Crippen LogP contribution is -2.29. The van der Waals surface area contributed by atoms with E-state index in [1.54, 1.807) is 0 Å². The van der Waals surface area contributed by atoms with Crippen LogP contribution in [0.3, 0.4) is 0 Å². The Hall–Kier alpha value is -1.06. The topological polar surface area (TPSA) is 41.5 Å². The van der Waals surface area contributed by atoms with E-state index in [0.29, 0.717) is 0 Å². The SMILES string of the molecule is OC1(c2cccc3c2OCCC3)CCCNCC1. The van der Waals surface area contributed by atoms with E-state index in [4.69, 9.17) is 4.74 Å². The van der Waals surface area contributed by atoms with Crippen molar-refractivity contribution in [2.75, 3.05) is 19.7 Å². The van der Waals surface area contributed by atoms with Gasteiger partial charge >= 0.3 is 0 Å². The Balaban J connectivity index is 1.99. The van der Waals surface area contributed by atoms with Crippen LogP contribution in [0.5, 0.6) is 5.75 Å². The second-order valence-electron chi connectivity index (χ2n) is 5.38. The number of fused-ring (bicyclic) bond motifs is 1. The summed E-state index contributed by atoms with van der Waals surface area (Å²) in [5.41, 5.74) is 1.54. The van der Waals surface area contributed by atoms with E-state index in [2.05, 4.69) is 17.4 Å². The van der Waals surface area contributed by atoms with Gasteiger partial charge in [-0.05, 0) is 50.8 Å². The first kappa shape index (κ1) is 12.0. The van der Waals surface area contributed by atoms with Gasteiger partial charge in [-0.2, -0.15) is 0 Å². The summed E-state index contributed by atoms with van der Waals surface area (Å²) in [6.07, 6.45) is 4.75. The Bertz CT molecular complexity index is 423. The van der Waals surface area contributed by atoms with Crippen LogP contribution >= 0.6 is 0 Å². The molecule has 0 saturated carbocycles. The molecule has 0 aliphatic carbocycles. The summed E-state index contributed by atoms with van der Waals surface area (Å²) in [6, 6.07) is 6.21. The molecule has 0 bridgehead atoms. The molecule has 2 heterocycles. The third-order valence-corrected chi connectivity index (χ3v) is 4.09. The van der Waals surface area contributed by atoms with Gasteiger partial charge in [0.15, 0.2) is 0 Å². The number of para-hydroxylation sites is 1. The van der Waals surface area contributed by atoms with Gasteiger partial charge in [0, 0.05) is 5.56 Å². The Morgan fingerprint density at radius 1 is 1.17 bits per heavy atom. The van der Waals surface area contributed by atoms with Crippen molar-refractivity contribution < 1.29 is 9.84 Å². The first-order chi connectivity index (χ1) is 8.80. The zero-order valence-corrected chi connectivity index (χ0v) is 10.7. The van der Waals surface area contributed by atoms with Crippen molar-refractivity contribution in [3.05, 3.63) is 29.3 Å². The van der Waals surface area contributed by atoms with Crippen LogP contribution in [0, 0.1) is 0 Å². The fourth-order valence-electron chi connectivity index (χ4n) is 3.08. The highest BCUT2D eigenvalue weighted by Crippen LogP contribution is 2.40. The van der Waals surface area contributed by atoms with Gasteiger partial charge in [-0.3, -0.25) is 0 Å². The minimum Gasteiger partial charge on any atom is -0.493 e. The molecule has 3 rings (SSSR count). The molecule has 2 N–H and O–H groups in total. The highest BCUT2D eigenvalue weighted by atomic mass is 16.5. The first-order valence-electron chi connectivity index (χ1n) is 6.98. The Morgan fingerprint density at radius 2 is 2.11 bits per heavy atom. The molecule has 1 unspecified atom stereocenters. The number of ether oxygens (including phenoxy) is 1. The molecule has 3 nitrogen and oxygen atoms in total. The van der Waals surface area contributed by atoms with Crippen molar-refractivity contribution >= 4 is 0 Å². The summed E-state index contributed by atoms with van der Waals surface area (Å²) in [6.45, 7) is 2.65. The third-order valence-electron chi connectivity index (χ3n) is 4.09. The van der Waals surface area contributed by atoms with E-state index < -0.39 is 5.60 Å². The van der Waals surface area contributed by atoms with Crippen LogP contribution in [0.25, 0.3) is 0 Å². The molecule has 18 heavy (non-hydrogen) atoms. The maximum Gasteiger partial charge on any atom is 0.128 e. The second-order valence-corrected chi connectivity index (χ2v) is 5.38. The maximum atomic E-state index is 11.0. The molecule has 1 aromatic carbocycles. The summed E-state index contributed by atoms with van der Waals surface area (Å²) >= 11 is 0. The molecular weight excluding hydrogens is 226 g/mol. The molecule has 98 valence electrons. The minimum atomic E-state index is -0.716. The van der Waals surface area contributed by atoms with Crippen LogP contribution in [-0.4, -0.2) is 24.8 Å². The van der Waals surface area contributed by atoms with Gasteiger partial charge in [0.1, 0.15) is 5.75 Å². The largest absolute Gasteiger partial charge is 0.493 e. The number of aliphatic hydroxyl groups is 1. The smallest absolute Gasteiger partial charge is 0.128 e. The number of rotatable bonds is 1. The maximum absolute atomic E-state index is 11.0. The van der Waals surface area contributed by atoms with E-state index in [0.717, 1.165) is 63.1 Å². The molecule has 1 saturated heterocycles. The van der Waals surface area contributed by atoms with Gasteiger partial charge in [-0.15, -0.1) is 0 Å². The Morgan fingerprint density at radius 3 is 3.06 bits per heavy atom. The third kappa shape index (κ3) is 2.13. The lowest BCUT2D eigenvalue weighted by Gasteiger charge is -2.31. The number of aryl methyl sites for hydroxylation is 1. The lowest BCUT2D eigenvalue weighted by molar-refractivity contribution is 0.0207. The second kappa shape index (κ2) is 4.90. The lowest BCUT2D eigenvalue weighted by atomic mass is 9.84. The molecule has 2 aliphatic heterocycles. The summed E-state index contributed by atoms with van der Waals surface area (Å²) in [5, 5.41) is 14.3.